The highest BCUT2D eigenvalue weighted by atomic mass is 16.5. The summed E-state index contributed by atoms with van der Waals surface area (Å²) in [6, 6.07) is 6.81. The average molecular weight is 594 g/mol. The number of ether oxygens (including phenoxy) is 2. The van der Waals surface area contributed by atoms with Crippen molar-refractivity contribution in [1.82, 2.24) is 26.1 Å². The fourth-order valence-corrected chi connectivity index (χ4v) is 5.08. The Morgan fingerprint density at radius 2 is 1.77 bits per heavy atom. The molecule has 1 fully saturated rings. The van der Waals surface area contributed by atoms with Crippen LogP contribution in [0.15, 0.2) is 36.4 Å². The first kappa shape index (κ1) is 32.1. The molecule has 232 valence electrons. The van der Waals surface area contributed by atoms with Gasteiger partial charge >= 0.3 is 5.97 Å². The number of esters is 1. The van der Waals surface area contributed by atoms with E-state index in [0.717, 1.165) is 16.5 Å². The molecule has 5 bridgehead atoms. The molecule has 1 aromatic carbocycles. The van der Waals surface area contributed by atoms with Gasteiger partial charge in [-0.1, -0.05) is 44.2 Å². The predicted octanol–water partition coefficient (Wildman–Crippen LogP) is 3.05. The summed E-state index contributed by atoms with van der Waals surface area (Å²) in [6.45, 7) is 11.0. The molecule has 3 amide bonds. The van der Waals surface area contributed by atoms with Gasteiger partial charge in [-0.05, 0) is 64.2 Å². The molecule has 0 spiro atoms. The Balaban J connectivity index is 1.74. The number of hydrogen-bond acceptors (Lipinski definition) is 8. The van der Waals surface area contributed by atoms with Crippen LogP contribution in [0.3, 0.4) is 0 Å². The number of benzene rings is 1. The highest BCUT2D eigenvalue weighted by Gasteiger charge is 2.38. The van der Waals surface area contributed by atoms with Crippen LogP contribution < -0.4 is 16.1 Å². The maximum absolute atomic E-state index is 13.7. The summed E-state index contributed by atoms with van der Waals surface area (Å²) in [5.74, 6) is -2.07. The molecule has 0 radical (unpaired) electrons. The molecule has 11 heteroatoms. The number of hydrogen-bond donors (Lipinski definition) is 3. The van der Waals surface area contributed by atoms with Gasteiger partial charge in [0.15, 0.2) is 0 Å². The normalized spacial score (nSPS) is 26.2. The number of carbonyl (C=O) groups is 4. The lowest BCUT2D eigenvalue weighted by molar-refractivity contribution is -0.158. The largest absolute Gasteiger partial charge is 0.455 e. The molecule has 11 nitrogen and oxygen atoms in total. The summed E-state index contributed by atoms with van der Waals surface area (Å²) in [7, 11) is 1.45. The number of hydrazine groups is 1. The molecule has 3 heterocycles. The molecule has 2 aliphatic heterocycles. The highest BCUT2D eigenvalue weighted by molar-refractivity contribution is 5.94. The standard InChI is InChI=1S/C32H43N5O6/c1-18(2)26-28(38)34-27(20(4)42-7)29(39)37-16-8-9-24(36-37)30(40)43-19(3)23-13-12-22-11-10-21(17-25(22)33-23)14-15-32(5,6)31(41)35-26/h10-15,17-20,24,26-27,36H,8-9,16H2,1-7H3,(H,34,38)(H,35,41). The second-order valence-electron chi connectivity index (χ2n) is 12.3. The number of nitrogens with one attached hydrogen (secondary N) is 3. The third-order valence-corrected chi connectivity index (χ3v) is 8.10. The maximum Gasteiger partial charge on any atom is 0.325 e. The lowest BCUT2D eigenvalue weighted by Crippen LogP contribution is -2.64. The number of rotatable bonds is 3. The predicted molar refractivity (Wildman–Crippen MR) is 162 cm³/mol. The van der Waals surface area contributed by atoms with Crippen LogP contribution in [-0.4, -0.2) is 71.6 Å². The van der Waals surface area contributed by atoms with Crippen molar-refractivity contribution in [3.8, 4) is 0 Å². The third-order valence-electron chi connectivity index (χ3n) is 8.10. The fraction of sp³-hybridized carbons (Fsp3) is 0.531. The van der Waals surface area contributed by atoms with E-state index >= 15 is 0 Å². The van der Waals surface area contributed by atoms with Crippen LogP contribution in [0.2, 0.25) is 0 Å². The van der Waals surface area contributed by atoms with Crippen LogP contribution in [0.5, 0.6) is 0 Å². The monoisotopic (exact) mass is 593 g/mol. The summed E-state index contributed by atoms with van der Waals surface area (Å²) >= 11 is 0. The van der Waals surface area contributed by atoms with Crippen molar-refractivity contribution in [3.05, 3.63) is 47.7 Å². The first-order chi connectivity index (χ1) is 20.3. The van der Waals surface area contributed by atoms with E-state index in [2.05, 4.69) is 16.1 Å². The van der Waals surface area contributed by atoms with Crippen molar-refractivity contribution in [2.45, 2.75) is 84.7 Å². The Kier molecular flexibility index (Phi) is 9.86. The van der Waals surface area contributed by atoms with Gasteiger partial charge < -0.3 is 20.1 Å². The van der Waals surface area contributed by atoms with Gasteiger partial charge in [0.2, 0.25) is 11.8 Å². The number of methoxy groups -OCH3 is 1. The Hall–Kier alpha value is -3.83. The Labute approximate surface area is 252 Å². The molecule has 0 aliphatic carbocycles. The van der Waals surface area contributed by atoms with E-state index < -0.39 is 53.5 Å². The minimum Gasteiger partial charge on any atom is -0.455 e. The SMILES string of the molecule is COC(C)C1NC(=O)C(C(C)C)NC(=O)C(C)(C)C=Cc2ccc3ccc(nc3c2)C(C)OC(=O)C2CCCN(N2)C1=O. The zero-order valence-corrected chi connectivity index (χ0v) is 26.0. The van der Waals surface area contributed by atoms with Gasteiger partial charge in [-0.2, -0.15) is 0 Å². The highest BCUT2D eigenvalue weighted by Crippen LogP contribution is 2.25. The fourth-order valence-electron chi connectivity index (χ4n) is 5.08. The number of pyridine rings is 1. The van der Waals surface area contributed by atoms with Gasteiger partial charge in [0.05, 0.1) is 22.7 Å². The summed E-state index contributed by atoms with van der Waals surface area (Å²) < 4.78 is 11.2. The van der Waals surface area contributed by atoms with Gasteiger partial charge in [-0.3, -0.25) is 24.2 Å². The van der Waals surface area contributed by atoms with E-state index in [4.69, 9.17) is 14.5 Å². The topological polar surface area (TPSA) is 139 Å². The first-order valence-corrected chi connectivity index (χ1v) is 14.8. The number of amides is 3. The lowest BCUT2D eigenvalue weighted by atomic mass is 9.89. The molecule has 1 saturated heterocycles. The Morgan fingerprint density at radius 3 is 2.47 bits per heavy atom. The first-order valence-electron chi connectivity index (χ1n) is 14.8. The maximum atomic E-state index is 13.7. The molecule has 2 aromatic rings. The Bertz CT molecular complexity index is 1410. The number of fused-ring (bicyclic) bond motifs is 4. The van der Waals surface area contributed by atoms with E-state index in [1.807, 2.05) is 50.3 Å². The van der Waals surface area contributed by atoms with E-state index in [9.17, 15) is 19.2 Å². The Morgan fingerprint density at radius 1 is 1.05 bits per heavy atom. The minimum atomic E-state index is -1.07. The van der Waals surface area contributed by atoms with Crippen LogP contribution in [0.1, 0.15) is 71.7 Å². The van der Waals surface area contributed by atoms with Crippen LogP contribution in [0.4, 0.5) is 0 Å². The van der Waals surface area contributed by atoms with Crippen molar-refractivity contribution in [2.24, 2.45) is 11.3 Å². The van der Waals surface area contributed by atoms with Gasteiger partial charge in [0, 0.05) is 19.0 Å². The number of aromatic nitrogens is 1. The molecule has 3 N–H and O–H groups in total. The van der Waals surface area contributed by atoms with Gasteiger partial charge in [0.1, 0.15) is 24.2 Å². The molecule has 5 unspecified atom stereocenters. The third kappa shape index (κ3) is 7.40. The van der Waals surface area contributed by atoms with Crippen molar-refractivity contribution < 1.29 is 28.7 Å². The number of cyclic esters (lactones) is 1. The lowest BCUT2D eigenvalue weighted by Gasteiger charge is -2.37. The van der Waals surface area contributed by atoms with Gasteiger partial charge in [-0.15, -0.1) is 0 Å². The van der Waals surface area contributed by atoms with Crippen LogP contribution in [0, 0.1) is 11.3 Å². The van der Waals surface area contributed by atoms with E-state index in [1.54, 1.807) is 33.8 Å². The van der Waals surface area contributed by atoms with Crippen molar-refractivity contribution in [1.29, 1.82) is 0 Å². The smallest absolute Gasteiger partial charge is 0.325 e. The molecular formula is C32H43N5O6. The molecule has 1 aromatic heterocycles. The summed E-state index contributed by atoms with van der Waals surface area (Å²) in [6.07, 6.45) is 3.34. The van der Waals surface area contributed by atoms with E-state index in [0.29, 0.717) is 25.1 Å². The van der Waals surface area contributed by atoms with Gasteiger partial charge in [0.25, 0.3) is 5.91 Å². The average Bonchev–Trinajstić information content (AvgIpc) is 2.99. The van der Waals surface area contributed by atoms with Crippen molar-refractivity contribution in [3.63, 3.8) is 0 Å². The van der Waals surface area contributed by atoms with Crippen molar-refractivity contribution in [2.75, 3.05) is 13.7 Å². The minimum absolute atomic E-state index is 0.269. The second kappa shape index (κ2) is 13.2. The molecule has 0 saturated carbocycles. The van der Waals surface area contributed by atoms with E-state index in [-0.39, 0.29) is 11.8 Å². The molecule has 43 heavy (non-hydrogen) atoms. The molecule has 4 rings (SSSR count). The number of carbonyl (C=O) groups excluding carboxylic acids is 4. The van der Waals surface area contributed by atoms with Crippen LogP contribution in [0.25, 0.3) is 17.0 Å². The second-order valence-corrected chi connectivity index (χ2v) is 12.3. The molecule has 2 aliphatic rings. The zero-order valence-electron chi connectivity index (χ0n) is 26.0. The summed E-state index contributed by atoms with van der Waals surface area (Å²) in [5.41, 5.74) is 4.19. The summed E-state index contributed by atoms with van der Waals surface area (Å²) in [4.78, 5) is 58.7. The van der Waals surface area contributed by atoms with E-state index in [1.165, 1.54) is 12.1 Å². The quantitative estimate of drug-likeness (QED) is 0.462. The summed E-state index contributed by atoms with van der Waals surface area (Å²) in [5, 5.41) is 7.96. The molecule has 5 atom stereocenters. The zero-order chi connectivity index (χ0) is 31.5. The van der Waals surface area contributed by atoms with Crippen LogP contribution in [-0.2, 0) is 28.7 Å². The molecular weight excluding hydrogens is 550 g/mol. The number of nitrogens with zero attached hydrogens (tertiary/aromatic N) is 2. The van der Waals surface area contributed by atoms with Gasteiger partial charge in [-0.25, -0.2) is 10.4 Å². The van der Waals surface area contributed by atoms with Crippen LogP contribution >= 0.6 is 0 Å². The van der Waals surface area contributed by atoms with Crippen molar-refractivity contribution >= 4 is 40.7 Å².